The summed E-state index contributed by atoms with van der Waals surface area (Å²) in [6, 6.07) is 54.9. The topological polar surface area (TPSA) is 49.2 Å². The van der Waals surface area contributed by atoms with Gasteiger partial charge in [-0.15, -0.1) is 22.7 Å². The molecule has 0 bridgehead atoms. The van der Waals surface area contributed by atoms with E-state index in [2.05, 4.69) is 168 Å². The van der Waals surface area contributed by atoms with E-state index in [4.69, 9.17) is 4.42 Å². The van der Waals surface area contributed by atoms with Crippen LogP contribution in [0.25, 0.3) is 73.4 Å². The minimum absolute atomic E-state index is 0.0532. The van der Waals surface area contributed by atoms with Crippen molar-refractivity contribution in [2.75, 3.05) is 0 Å². The molecule has 1 aliphatic heterocycles. The van der Waals surface area contributed by atoms with E-state index in [1.54, 1.807) is 0 Å². The minimum atomic E-state index is -0.110. The highest BCUT2D eigenvalue weighted by Crippen LogP contribution is 2.42. The van der Waals surface area contributed by atoms with Crippen LogP contribution < -0.4 is 16.0 Å². The number of hydrogen-bond acceptors (Lipinski definition) is 6. The van der Waals surface area contributed by atoms with Crippen molar-refractivity contribution in [1.29, 1.82) is 0 Å². The first-order valence-corrected chi connectivity index (χ1v) is 19.0. The lowest BCUT2D eigenvalue weighted by molar-refractivity contribution is 0.203. The first-order valence-electron chi connectivity index (χ1n) is 17.3. The molecule has 3 atom stereocenters. The van der Waals surface area contributed by atoms with E-state index in [1.165, 1.54) is 62.6 Å². The zero-order valence-electron chi connectivity index (χ0n) is 27.4. The monoisotopic (exact) mass is 693 g/mol. The van der Waals surface area contributed by atoms with Crippen LogP contribution in [0.15, 0.2) is 156 Å². The quantitative estimate of drug-likeness (QED) is 0.172. The predicted molar refractivity (Wildman–Crippen MR) is 215 cm³/mol. The molecule has 51 heavy (non-hydrogen) atoms. The average Bonchev–Trinajstić information content (AvgIpc) is 3.88. The van der Waals surface area contributed by atoms with Crippen LogP contribution in [0, 0.1) is 0 Å². The molecule has 1 fully saturated rings. The Morgan fingerprint density at radius 1 is 0.392 bits per heavy atom. The maximum atomic E-state index is 6.42. The molecule has 0 saturated carbocycles. The van der Waals surface area contributed by atoms with E-state index >= 15 is 0 Å². The van der Waals surface area contributed by atoms with Gasteiger partial charge in [-0.3, -0.25) is 16.0 Å². The van der Waals surface area contributed by atoms with Gasteiger partial charge in [-0.25, -0.2) is 0 Å². The van der Waals surface area contributed by atoms with Gasteiger partial charge >= 0.3 is 0 Å². The summed E-state index contributed by atoms with van der Waals surface area (Å²) >= 11 is 3.72. The number of hydrogen-bond donors (Lipinski definition) is 3. The zero-order valence-corrected chi connectivity index (χ0v) is 29.0. The predicted octanol–water partition coefficient (Wildman–Crippen LogP) is 12.2. The lowest BCUT2D eigenvalue weighted by Gasteiger charge is -2.39. The van der Waals surface area contributed by atoms with Gasteiger partial charge in [0.2, 0.25) is 0 Å². The second kappa shape index (κ2) is 11.6. The number of nitrogens with one attached hydrogen (secondary N) is 3. The van der Waals surface area contributed by atoms with Gasteiger partial charge in [-0.2, -0.15) is 0 Å². The van der Waals surface area contributed by atoms with Crippen molar-refractivity contribution in [3.63, 3.8) is 0 Å². The molecule has 3 N–H and O–H groups in total. The van der Waals surface area contributed by atoms with E-state index in [1.807, 2.05) is 22.7 Å². The lowest BCUT2D eigenvalue weighted by Crippen LogP contribution is -2.54. The van der Waals surface area contributed by atoms with Crippen LogP contribution in [0.5, 0.6) is 0 Å². The Hall–Kier alpha value is -5.34. The number of furan rings is 1. The molecule has 3 unspecified atom stereocenters. The first kappa shape index (κ1) is 29.4. The summed E-state index contributed by atoms with van der Waals surface area (Å²) < 4.78 is 11.7. The average molecular weight is 694 g/mol. The van der Waals surface area contributed by atoms with E-state index in [9.17, 15) is 0 Å². The lowest BCUT2D eigenvalue weighted by atomic mass is 9.99. The Morgan fingerprint density at radius 2 is 0.961 bits per heavy atom. The molecule has 0 radical (unpaired) electrons. The summed E-state index contributed by atoms with van der Waals surface area (Å²) in [5.74, 6) is 0. The van der Waals surface area contributed by atoms with Crippen molar-refractivity contribution in [3.8, 4) is 11.1 Å². The van der Waals surface area contributed by atoms with Crippen molar-refractivity contribution in [2.24, 2.45) is 0 Å². The van der Waals surface area contributed by atoms with Crippen LogP contribution in [-0.2, 0) is 0 Å². The van der Waals surface area contributed by atoms with Gasteiger partial charge in [0.25, 0.3) is 0 Å². The molecular weight excluding hydrogens is 663 g/mol. The molecule has 10 aromatic rings. The molecule has 4 heterocycles. The molecule has 244 valence electrons. The van der Waals surface area contributed by atoms with Crippen LogP contribution in [0.4, 0.5) is 0 Å². The van der Waals surface area contributed by atoms with Gasteiger partial charge in [0.15, 0.2) is 0 Å². The van der Waals surface area contributed by atoms with Gasteiger partial charge in [-0.1, -0.05) is 103 Å². The third-order valence-corrected chi connectivity index (χ3v) is 12.8. The molecule has 4 nitrogen and oxygen atoms in total. The Balaban J connectivity index is 1.01. The Labute approximate surface area is 302 Å². The smallest absolute Gasteiger partial charge is 0.135 e. The second-order valence-electron chi connectivity index (χ2n) is 13.4. The Bertz CT molecular complexity index is 2940. The maximum absolute atomic E-state index is 6.42. The molecule has 11 rings (SSSR count). The van der Waals surface area contributed by atoms with E-state index in [-0.39, 0.29) is 18.5 Å². The third-order valence-electron chi connectivity index (χ3n) is 10.4. The molecule has 0 aliphatic carbocycles. The van der Waals surface area contributed by atoms with Gasteiger partial charge in [0, 0.05) is 51.1 Å². The fraction of sp³-hybridized carbons (Fsp3) is 0.0667. The van der Waals surface area contributed by atoms with E-state index in [0.717, 1.165) is 27.5 Å². The summed E-state index contributed by atoms with van der Waals surface area (Å²) in [7, 11) is 0. The Kier molecular flexibility index (Phi) is 6.69. The molecular formula is C45H31N3OS2. The van der Waals surface area contributed by atoms with Crippen LogP contribution >= 0.6 is 22.7 Å². The molecule has 6 heteroatoms. The molecule has 7 aromatic carbocycles. The maximum Gasteiger partial charge on any atom is 0.135 e. The summed E-state index contributed by atoms with van der Waals surface area (Å²) in [6.45, 7) is 0. The van der Waals surface area contributed by atoms with Crippen molar-refractivity contribution >= 4 is 85.0 Å². The molecule has 0 amide bonds. The number of rotatable bonds is 4. The first-order chi connectivity index (χ1) is 25.2. The zero-order chi connectivity index (χ0) is 33.5. The number of benzene rings is 7. The van der Waals surface area contributed by atoms with Gasteiger partial charge < -0.3 is 4.42 Å². The van der Waals surface area contributed by atoms with Crippen molar-refractivity contribution in [3.05, 3.63) is 168 Å². The Morgan fingerprint density at radius 3 is 1.75 bits per heavy atom. The highest BCUT2D eigenvalue weighted by atomic mass is 32.1. The minimum Gasteiger partial charge on any atom is -0.456 e. The third kappa shape index (κ3) is 4.83. The SMILES string of the molecule is c1ccc(C2NC(c3ccc4oc5ccc(-c6cccc7c6sc6ccccc67)cc5c4c3)NC(c3ccc4sc5ccccc5c4c3)N2)cc1. The van der Waals surface area contributed by atoms with E-state index < -0.39 is 0 Å². The normalized spacial score (nSPS) is 18.2. The molecule has 0 spiro atoms. The van der Waals surface area contributed by atoms with Crippen LogP contribution in [0.3, 0.4) is 0 Å². The van der Waals surface area contributed by atoms with Crippen molar-refractivity contribution in [1.82, 2.24) is 16.0 Å². The molecule has 3 aromatic heterocycles. The summed E-state index contributed by atoms with van der Waals surface area (Å²) in [6.07, 6.45) is -0.238. The van der Waals surface area contributed by atoms with Crippen molar-refractivity contribution < 1.29 is 4.42 Å². The van der Waals surface area contributed by atoms with Gasteiger partial charge in [0.1, 0.15) is 11.2 Å². The number of fused-ring (bicyclic) bond motifs is 9. The standard InChI is InChI=1S/C45H31N3OS2/c1-2-9-26(10-3-1)43-46-44(48-45(47-43)29-19-22-41-36(25-29)32-12-5-6-15-39(32)50-41)28-18-21-38-35(24-28)34-23-27(17-20-37(34)49-38)30-13-8-14-33-31-11-4-7-16-40(31)51-42(30)33/h1-25,43-48H. The fourth-order valence-electron chi connectivity index (χ4n) is 7.91. The van der Waals surface area contributed by atoms with Crippen LogP contribution in [0.2, 0.25) is 0 Å². The van der Waals surface area contributed by atoms with Gasteiger partial charge in [-0.05, 0) is 76.3 Å². The summed E-state index contributed by atoms with van der Waals surface area (Å²) in [5, 5.41) is 19.1. The fourth-order valence-corrected chi connectivity index (χ4v) is 10.2. The second-order valence-corrected chi connectivity index (χ2v) is 15.5. The van der Waals surface area contributed by atoms with Crippen LogP contribution in [-0.4, -0.2) is 0 Å². The van der Waals surface area contributed by atoms with Gasteiger partial charge in [0.05, 0.1) is 18.5 Å². The molecule has 1 aliphatic rings. The van der Waals surface area contributed by atoms with E-state index in [0.29, 0.717) is 0 Å². The largest absolute Gasteiger partial charge is 0.456 e. The summed E-state index contributed by atoms with van der Waals surface area (Å²) in [5.41, 5.74) is 7.83. The highest BCUT2D eigenvalue weighted by Gasteiger charge is 2.30. The number of thiophene rings is 2. The van der Waals surface area contributed by atoms with Crippen molar-refractivity contribution in [2.45, 2.75) is 18.5 Å². The summed E-state index contributed by atoms with van der Waals surface area (Å²) in [4.78, 5) is 0. The highest BCUT2D eigenvalue weighted by molar-refractivity contribution is 7.26. The molecule has 1 saturated heterocycles. The van der Waals surface area contributed by atoms with Crippen LogP contribution in [0.1, 0.15) is 35.2 Å².